The van der Waals surface area contributed by atoms with Crippen LogP contribution in [-0.4, -0.2) is 13.2 Å². The lowest BCUT2D eigenvalue weighted by molar-refractivity contribution is 0.162. The molecule has 1 aliphatic carbocycles. The van der Waals surface area contributed by atoms with Crippen molar-refractivity contribution in [3.8, 4) is 0 Å². The van der Waals surface area contributed by atoms with E-state index in [0.717, 1.165) is 19.1 Å². The molecule has 2 nitrogen and oxygen atoms in total. The molecule has 2 heteroatoms. The first-order chi connectivity index (χ1) is 8.29. The Morgan fingerprint density at radius 1 is 1.18 bits per heavy atom. The van der Waals surface area contributed by atoms with E-state index in [1.54, 1.807) is 0 Å². The third kappa shape index (κ3) is 4.88. The van der Waals surface area contributed by atoms with Gasteiger partial charge in [-0.3, -0.25) is 0 Å². The van der Waals surface area contributed by atoms with Gasteiger partial charge in [-0.2, -0.15) is 0 Å². The van der Waals surface area contributed by atoms with Gasteiger partial charge >= 0.3 is 0 Å². The van der Waals surface area contributed by atoms with Crippen molar-refractivity contribution < 1.29 is 4.74 Å². The Morgan fingerprint density at radius 3 is 2.12 bits per heavy atom. The summed E-state index contributed by atoms with van der Waals surface area (Å²) in [6.45, 7) is 5.67. The van der Waals surface area contributed by atoms with Gasteiger partial charge in [0.1, 0.15) is 0 Å². The van der Waals surface area contributed by atoms with Gasteiger partial charge in [-0.15, -0.1) is 0 Å². The standard InChI is InChI=1S/C11H15N.C4H10O/c12-11(10-7-4-8-10)9-5-2-1-3-6-9;1-3-5-4-2/h1-3,5-6,10-11H,4,7-8,12H2;3-4H2,1-2H3. The van der Waals surface area contributed by atoms with Crippen molar-refractivity contribution in [2.24, 2.45) is 11.7 Å². The fourth-order valence-electron chi connectivity index (χ4n) is 1.95. The van der Waals surface area contributed by atoms with Crippen LogP contribution in [0.4, 0.5) is 0 Å². The number of benzene rings is 1. The lowest BCUT2D eigenvalue weighted by Gasteiger charge is -2.31. The second-order valence-corrected chi connectivity index (χ2v) is 4.41. The molecule has 2 N–H and O–H groups in total. The van der Waals surface area contributed by atoms with Crippen LogP contribution in [0.3, 0.4) is 0 Å². The molecule has 1 aromatic carbocycles. The molecule has 1 fully saturated rings. The normalized spacial score (nSPS) is 16.6. The molecule has 0 spiro atoms. The Morgan fingerprint density at radius 2 is 1.76 bits per heavy atom. The van der Waals surface area contributed by atoms with Crippen LogP contribution in [-0.2, 0) is 4.74 Å². The zero-order valence-corrected chi connectivity index (χ0v) is 11.1. The molecule has 0 saturated heterocycles. The van der Waals surface area contributed by atoms with Crippen LogP contribution in [0, 0.1) is 5.92 Å². The number of ether oxygens (including phenoxy) is 1. The van der Waals surface area contributed by atoms with Crippen molar-refractivity contribution in [2.45, 2.75) is 39.2 Å². The summed E-state index contributed by atoms with van der Waals surface area (Å²) in [7, 11) is 0. The average Bonchev–Trinajstić information content (AvgIpc) is 2.30. The Labute approximate surface area is 105 Å². The van der Waals surface area contributed by atoms with E-state index in [1.807, 2.05) is 19.9 Å². The second kappa shape index (κ2) is 8.26. The zero-order chi connectivity index (χ0) is 12.5. The highest BCUT2D eigenvalue weighted by molar-refractivity contribution is 5.19. The Bertz CT molecular complexity index is 280. The summed E-state index contributed by atoms with van der Waals surface area (Å²) in [5.41, 5.74) is 7.39. The molecule has 2 rings (SSSR count). The molecular formula is C15H25NO. The van der Waals surface area contributed by atoms with E-state index in [2.05, 4.69) is 24.3 Å². The van der Waals surface area contributed by atoms with Crippen molar-refractivity contribution in [3.05, 3.63) is 35.9 Å². The lowest BCUT2D eigenvalue weighted by atomic mass is 9.78. The molecule has 0 heterocycles. The van der Waals surface area contributed by atoms with E-state index >= 15 is 0 Å². The van der Waals surface area contributed by atoms with Gasteiger partial charge in [-0.25, -0.2) is 0 Å². The summed E-state index contributed by atoms with van der Waals surface area (Å²) in [5, 5.41) is 0. The molecule has 1 aromatic rings. The molecule has 1 atom stereocenters. The minimum absolute atomic E-state index is 0.278. The van der Waals surface area contributed by atoms with Crippen molar-refractivity contribution in [2.75, 3.05) is 13.2 Å². The number of nitrogens with two attached hydrogens (primary N) is 1. The van der Waals surface area contributed by atoms with Crippen molar-refractivity contribution in [1.29, 1.82) is 0 Å². The van der Waals surface area contributed by atoms with E-state index in [0.29, 0.717) is 0 Å². The average molecular weight is 235 g/mol. The number of rotatable bonds is 4. The van der Waals surface area contributed by atoms with E-state index in [9.17, 15) is 0 Å². The largest absolute Gasteiger partial charge is 0.382 e. The highest BCUT2D eigenvalue weighted by Gasteiger charge is 2.24. The Balaban J connectivity index is 0.000000249. The molecule has 1 unspecified atom stereocenters. The van der Waals surface area contributed by atoms with Gasteiger partial charge in [0.15, 0.2) is 0 Å². The Hall–Kier alpha value is -0.860. The zero-order valence-electron chi connectivity index (χ0n) is 11.1. The highest BCUT2D eigenvalue weighted by atomic mass is 16.5. The molecule has 0 aromatic heterocycles. The van der Waals surface area contributed by atoms with Crippen molar-refractivity contribution in [3.63, 3.8) is 0 Å². The number of hydrogen-bond acceptors (Lipinski definition) is 2. The molecule has 17 heavy (non-hydrogen) atoms. The summed E-state index contributed by atoms with van der Waals surface area (Å²) in [5.74, 6) is 0.743. The first kappa shape index (κ1) is 14.2. The van der Waals surface area contributed by atoms with Crippen LogP contribution < -0.4 is 5.73 Å². The van der Waals surface area contributed by atoms with Gasteiger partial charge in [-0.05, 0) is 38.2 Å². The predicted octanol–water partition coefficient (Wildman–Crippen LogP) is 3.53. The first-order valence-electron chi connectivity index (χ1n) is 6.67. The summed E-state index contributed by atoms with van der Waals surface area (Å²) >= 11 is 0. The quantitative estimate of drug-likeness (QED) is 0.866. The van der Waals surface area contributed by atoms with E-state index in [1.165, 1.54) is 24.8 Å². The highest BCUT2D eigenvalue weighted by Crippen LogP contribution is 2.35. The summed E-state index contributed by atoms with van der Waals surface area (Å²) < 4.78 is 4.83. The van der Waals surface area contributed by atoms with Gasteiger partial charge in [0, 0.05) is 19.3 Å². The fourth-order valence-corrected chi connectivity index (χ4v) is 1.95. The molecule has 1 aliphatic rings. The molecule has 0 bridgehead atoms. The van der Waals surface area contributed by atoms with Crippen LogP contribution in [0.1, 0.15) is 44.7 Å². The predicted molar refractivity (Wildman–Crippen MR) is 72.9 cm³/mol. The Kier molecular flexibility index (Phi) is 6.90. The number of hydrogen-bond donors (Lipinski definition) is 1. The molecule has 0 radical (unpaired) electrons. The lowest BCUT2D eigenvalue weighted by Crippen LogP contribution is -2.26. The molecule has 96 valence electrons. The molecular weight excluding hydrogens is 210 g/mol. The minimum atomic E-state index is 0.278. The van der Waals surface area contributed by atoms with Crippen LogP contribution in [0.15, 0.2) is 30.3 Å². The van der Waals surface area contributed by atoms with Gasteiger partial charge in [-0.1, -0.05) is 36.8 Å². The van der Waals surface area contributed by atoms with Gasteiger partial charge in [0.05, 0.1) is 0 Å². The van der Waals surface area contributed by atoms with Crippen molar-refractivity contribution in [1.82, 2.24) is 0 Å². The maximum absolute atomic E-state index is 6.10. The van der Waals surface area contributed by atoms with Gasteiger partial charge in [0.2, 0.25) is 0 Å². The first-order valence-corrected chi connectivity index (χ1v) is 6.67. The van der Waals surface area contributed by atoms with E-state index in [4.69, 9.17) is 10.5 Å². The van der Waals surface area contributed by atoms with Crippen LogP contribution in [0.2, 0.25) is 0 Å². The van der Waals surface area contributed by atoms with E-state index in [-0.39, 0.29) is 6.04 Å². The molecule has 0 aliphatic heterocycles. The summed E-state index contributed by atoms with van der Waals surface area (Å²) in [6.07, 6.45) is 4.00. The maximum Gasteiger partial charge on any atom is 0.0437 e. The van der Waals surface area contributed by atoms with Crippen LogP contribution in [0.25, 0.3) is 0 Å². The topological polar surface area (TPSA) is 35.2 Å². The molecule has 0 amide bonds. The SMILES string of the molecule is CCOCC.NC(c1ccccc1)C1CCC1. The summed E-state index contributed by atoms with van der Waals surface area (Å²) in [4.78, 5) is 0. The summed E-state index contributed by atoms with van der Waals surface area (Å²) in [6, 6.07) is 10.7. The van der Waals surface area contributed by atoms with Gasteiger partial charge < -0.3 is 10.5 Å². The smallest absolute Gasteiger partial charge is 0.0437 e. The van der Waals surface area contributed by atoms with E-state index < -0.39 is 0 Å². The monoisotopic (exact) mass is 235 g/mol. The van der Waals surface area contributed by atoms with Crippen LogP contribution in [0.5, 0.6) is 0 Å². The second-order valence-electron chi connectivity index (χ2n) is 4.41. The van der Waals surface area contributed by atoms with Crippen molar-refractivity contribution >= 4 is 0 Å². The third-order valence-corrected chi connectivity index (χ3v) is 3.25. The molecule has 1 saturated carbocycles. The minimum Gasteiger partial charge on any atom is -0.382 e. The van der Waals surface area contributed by atoms with Crippen LogP contribution >= 0.6 is 0 Å². The maximum atomic E-state index is 6.10. The van der Waals surface area contributed by atoms with Gasteiger partial charge in [0.25, 0.3) is 0 Å². The fraction of sp³-hybridized carbons (Fsp3) is 0.600. The third-order valence-electron chi connectivity index (χ3n) is 3.25.